The van der Waals surface area contributed by atoms with E-state index in [0.29, 0.717) is 22.4 Å². The van der Waals surface area contributed by atoms with Gasteiger partial charge >= 0.3 is 0 Å². The summed E-state index contributed by atoms with van der Waals surface area (Å²) in [5.41, 5.74) is 3.90. The Kier molecular flexibility index (Phi) is 7.76. The van der Waals surface area contributed by atoms with E-state index in [-0.39, 0.29) is 11.7 Å². The number of ketones is 1. The van der Waals surface area contributed by atoms with Crippen LogP contribution in [0.1, 0.15) is 79.2 Å². The molecule has 0 radical (unpaired) electrons. The minimum absolute atomic E-state index is 0.0624. The number of carbonyl (C=O) groups excluding carboxylic acids is 1. The lowest BCUT2D eigenvalue weighted by atomic mass is 9.77. The number of hydrogen-bond donors (Lipinski definition) is 0. The Hall–Kier alpha value is -1.39. The molecule has 0 saturated carbocycles. The Morgan fingerprint density at radius 1 is 0.969 bits per heavy atom. The van der Waals surface area contributed by atoms with Crippen molar-refractivity contribution < 1.29 is 9.53 Å². The van der Waals surface area contributed by atoms with Crippen molar-refractivity contribution in [2.45, 2.75) is 102 Å². The quantitative estimate of drug-likeness (QED) is 0.389. The van der Waals surface area contributed by atoms with Crippen LogP contribution in [-0.2, 0) is 9.53 Å². The number of methoxy groups -OCH3 is 1. The third kappa shape index (κ3) is 4.02. The predicted octanol–water partition coefficient (Wildman–Crippen LogP) is 7.18. The lowest BCUT2D eigenvalue weighted by molar-refractivity contribution is -0.129. The molecule has 3 nitrogen and oxygen atoms in total. The van der Waals surface area contributed by atoms with Gasteiger partial charge < -0.3 is 4.74 Å². The summed E-state index contributed by atoms with van der Waals surface area (Å²) in [7, 11) is -0.0667. The number of hydrogen-bond acceptors (Lipinski definition) is 3. The number of benzene rings is 1. The summed E-state index contributed by atoms with van der Waals surface area (Å²) < 4.78 is 5.98. The van der Waals surface area contributed by atoms with Crippen molar-refractivity contribution in [3.05, 3.63) is 47.2 Å². The Morgan fingerprint density at radius 3 is 1.97 bits per heavy atom. The van der Waals surface area contributed by atoms with Crippen LogP contribution in [0.5, 0.6) is 0 Å². The summed E-state index contributed by atoms with van der Waals surface area (Å²) in [6.45, 7) is 18.7. The molecule has 1 aliphatic heterocycles. The van der Waals surface area contributed by atoms with Gasteiger partial charge in [-0.05, 0) is 50.0 Å². The van der Waals surface area contributed by atoms with Crippen LogP contribution in [-0.4, -0.2) is 44.5 Å². The van der Waals surface area contributed by atoms with Crippen LogP contribution in [0.3, 0.4) is 0 Å². The molecule has 1 aromatic carbocycles. The van der Waals surface area contributed by atoms with Crippen LogP contribution in [0.2, 0.25) is 22.7 Å². The van der Waals surface area contributed by atoms with Crippen molar-refractivity contribution in [2.24, 2.45) is 0 Å². The second kappa shape index (κ2) is 9.85. The maximum atomic E-state index is 14.1. The normalized spacial score (nSPS) is 25.5. The SMILES string of the molecule is COC1=C(C[Si](C(C)C)(C(C)C)C(C)C)[C@@H](c2ccccc2)[C@](C)(N2CCCCC2)C1=O. The zero-order valence-corrected chi connectivity index (χ0v) is 22.7. The van der Waals surface area contributed by atoms with E-state index in [1.54, 1.807) is 7.11 Å². The van der Waals surface area contributed by atoms with Crippen LogP contribution in [0.4, 0.5) is 0 Å². The fraction of sp³-hybridized carbons (Fsp3) is 0.679. The van der Waals surface area contributed by atoms with Gasteiger partial charge in [-0.3, -0.25) is 9.69 Å². The molecule has 0 bridgehead atoms. The van der Waals surface area contributed by atoms with Gasteiger partial charge in [-0.2, -0.15) is 0 Å². The molecule has 3 rings (SSSR count). The molecule has 1 aromatic rings. The van der Waals surface area contributed by atoms with Crippen molar-refractivity contribution >= 4 is 13.9 Å². The van der Waals surface area contributed by atoms with Crippen molar-refractivity contribution in [3.63, 3.8) is 0 Å². The molecule has 4 heteroatoms. The van der Waals surface area contributed by atoms with Crippen molar-refractivity contribution in [1.29, 1.82) is 0 Å². The molecule has 32 heavy (non-hydrogen) atoms. The Morgan fingerprint density at radius 2 is 1.50 bits per heavy atom. The number of nitrogens with zero attached hydrogens (tertiary/aromatic N) is 1. The molecule has 1 fully saturated rings. The van der Waals surface area contributed by atoms with Gasteiger partial charge in [-0.25, -0.2) is 0 Å². The number of Topliss-reactive ketones (excluding diaryl/α,β-unsaturated/α-hetero) is 1. The lowest BCUT2D eigenvalue weighted by Crippen LogP contribution is -2.56. The summed E-state index contributed by atoms with van der Waals surface area (Å²) in [4.78, 5) is 16.6. The minimum atomic E-state index is -1.78. The van der Waals surface area contributed by atoms with E-state index in [4.69, 9.17) is 4.74 Å². The molecule has 0 N–H and O–H groups in total. The summed E-state index contributed by atoms with van der Waals surface area (Å²) in [5.74, 6) is 0.919. The van der Waals surface area contributed by atoms with Crippen molar-refractivity contribution in [1.82, 2.24) is 4.90 Å². The molecule has 1 saturated heterocycles. The van der Waals surface area contributed by atoms with Gasteiger partial charge in [0.2, 0.25) is 5.78 Å². The number of likely N-dealkylation sites (tertiary alicyclic amines) is 1. The van der Waals surface area contributed by atoms with Gasteiger partial charge in [-0.1, -0.05) is 94.9 Å². The molecule has 0 aromatic heterocycles. The van der Waals surface area contributed by atoms with Crippen LogP contribution >= 0.6 is 0 Å². The zero-order chi connectivity index (χ0) is 23.7. The first-order chi connectivity index (χ1) is 15.1. The highest BCUT2D eigenvalue weighted by Crippen LogP contribution is 2.55. The van der Waals surface area contributed by atoms with Gasteiger partial charge in [-0.15, -0.1) is 0 Å². The zero-order valence-electron chi connectivity index (χ0n) is 21.7. The van der Waals surface area contributed by atoms with Crippen LogP contribution in [0.15, 0.2) is 41.7 Å². The first kappa shape index (κ1) is 25.2. The van der Waals surface area contributed by atoms with E-state index in [2.05, 4.69) is 83.7 Å². The lowest BCUT2D eigenvalue weighted by Gasteiger charge is -2.47. The average Bonchev–Trinajstić information content (AvgIpc) is 2.99. The van der Waals surface area contributed by atoms with Gasteiger partial charge in [0, 0.05) is 5.92 Å². The maximum Gasteiger partial charge on any atom is 0.218 e. The van der Waals surface area contributed by atoms with Gasteiger partial charge in [0.15, 0.2) is 5.76 Å². The first-order valence-corrected chi connectivity index (χ1v) is 15.2. The smallest absolute Gasteiger partial charge is 0.218 e. The standard InChI is InChI=1S/C28H45NO2Si/c1-20(2)32(21(3)4,22(5)6)19-24-25(23-15-11-9-12-16-23)28(7,27(30)26(24)31-8)29-17-13-10-14-18-29/h9,11-12,15-16,20-22,25H,10,13-14,17-19H2,1-8H3/t25-,28+/m1/s1. The second-order valence-electron chi connectivity index (χ2n) is 11.2. The Labute approximate surface area is 197 Å². The van der Waals surface area contributed by atoms with E-state index in [1.165, 1.54) is 30.4 Å². The molecule has 2 atom stereocenters. The van der Waals surface area contributed by atoms with E-state index in [9.17, 15) is 4.79 Å². The molecule has 2 aliphatic rings. The van der Waals surface area contributed by atoms with Gasteiger partial charge in [0.05, 0.1) is 20.7 Å². The summed E-state index contributed by atoms with van der Waals surface area (Å²) in [6, 6.07) is 11.8. The Balaban J connectivity index is 2.21. The molecule has 0 amide bonds. The maximum absolute atomic E-state index is 14.1. The summed E-state index contributed by atoms with van der Waals surface area (Å²) >= 11 is 0. The average molecular weight is 456 g/mol. The predicted molar refractivity (Wildman–Crippen MR) is 138 cm³/mol. The number of ether oxygens (including phenoxy) is 1. The van der Waals surface area contributed by atoms with E-state index in [0.717, 1.165) is 19.1 Å². The summed E-state index contributed by atoms with van der Waals surface area (Å²) in [5, 5.41) is 0. The molecule has 0 unspecified atom stereocenters. The highest BCUT2D eigenvalue weighted by Gasteiger charge is 2.58. The fourth-order valence-electron chi connectivity index (χ4n) is 7.18. The van der Waals surface area contributed by atoms with Crippen LogP contribution in [0.25, 0.3) is 0 Å². The van der Waals surface area contributed by atoms with E-state index < -0.39 is 13.6 Å². The summed E-state index contributed by atoms with van der Waals surface area (Å²) in [6.07, 6.45) is 3.60. The monoisotopic (exact) mass is 455 g/mol. The molecular formula is C28H45NO2Si. The third-order valence-corrected chi connectivity index (χ3v) is 16.4. The van der Waals surface area contributed by atoms with E-state index >= 15 is 0 Å². The molecular weight excluding hydrogens is 410 g/mol. The number of rotatable bonds is 8. The molecule has 178 valence electrons. The fourth-order valence-corrected chi connectivity index (χ4v) is 13.4. The minimum Gasteiger partial charge on any atom is -0.493 e. The van der Waals surface area contributed by atoms with Crippen molar-refractivity contribution in [2.75, 3.05) is 20.2 Å². The molecule has 0 spiro atoms. The number of carbonyl (C=O) groups is 1. The molecule has 1 aliphatic carbocycles. The van der Waals surface area contributed by atoms with E-state index in [1.807, 2.05) is 0 Å². The van der Waals surface area contributed by atoms with Gasteiger partial charge in [0.25, 0.3) is 0 Å². The number of piperidine rings is 1. The van der Waals surface area contributed by atoms with Crippen molar-refractivity contribution in [3.8, 4) is 0 Å². The topological polar surface area (TPSA) is 29.5 Å². The third-order valence-electron chi connectivity index (χ3n) is 8.94. The largest absolute Gasteiger partial charge is 0.493 e. The van der Waals surface area contributed by atoms with Crippen LogP contribution in [0, 0.1) is 0 Å². The van der Waals surface area contributed by atoms with Gasteiger partial charge in [0.1, 0.15) is 0 Å². The molecule has 1 heterocycles. The van der Waals surface area contributed by atoms with Crippen LogP contribution < -0.4 is 0 Å². The highest BCUT2D eigenvalue weighted by atomic mass is 28.3. The Bertz CT molecular complexity index is 801. The second-order valence-corrected chi connectivity index (χ2v) is 17.2. The highest BCUT2D eigenvalue weighted by molar-refractivity contribution is 6.84. The first-order valence-electron chi connectivity index (χ1n) is 12.7.